The van der Waals surface area contributed by atoms with Gasteiger partial charge in [-0.2, -0.15) is 0 Å². The van der Waals surface area contributed by atoms with Gasteiger partial charge in [0.1, 0.15) is 0 Å². The van der Waals surface area contributed by atoms with Gasteiger partial charge >= 0.3 is 0 Å². The first-order valence-electron chi connectivity index (χ1n) is 11.2. The number of nitrogens with zero attached hydrogens (tertiary/aromatic N) is 5. The summed E-state index contributed by atoms with van der Waals surface area (Å²) >= 11 is 0. The molecule has 0 aliphatic carbocycles. The number of carbonyl (C=O) groups excluding carboxylic acids is 2. The zero-order valence-corrected chi connectivity index (χ0v) is 18.8. The molecule has 3 rings (SSSR count). The summed E-state index contributed by atoms with van der Waals surface area (Å²) in [4.78, 5) is 40.4. The second-order valence-corrected chi connectivity index (χ2v) is 8.89. The van der Waals surface area contributed by atoms with E-state index in [4.69, 9.17) is 0 Å². The Morgan fingerprint density at radius 3 is 2.13 bits per heavy atom. The highest BCUT2D eigenvalue weighted by Gasteiger charge is 2.33. The van der Waals surface area contributed by atoms with Crippen LogP contribution in [0.25, 0.3) is 0 Å². The Balaban J connectivity index is 1.44. The van der Waals surface area contributed by atoms with Crippen LogP contribution >= 0.6 is 0 Å². The SMILES string of the molecule is CC(C)C(C)NC(=O)C1CCN(C(C)C(=O)N2CCN(c3ncccn3)CC2)CC1. The summed E-state index contributed by atoms with van der Waals surface area (Å²) in [7, 11) is 0. The normalized spacial score (nSPS) is 20.8. The Morgan fingerprint density at radius 1 is 0.967 bits per heavy atom. The van der Waals surface area contributed by atoms with E-state index in [-0.39, 0.29) is 29.8 Å². The van der Waals surface area contributed by atoms with Gasteiger partial charge in [0.2, 0.25) is 17.8 Å². The maximum atomic E-state index is 13.0. The second-order valence-electron chi connectivity index (χ2n) is 8.89. The summed E-state index contributed by atoms with van der Waals surface area (Å²) in [5.41, 5.74) is 0. The van der Waals surface area contributed by atoms with Crippen LogP contribution in [0, 0.1) is 11.8 Å². The van der Waals surface area contributed by atoms with Crippen LogP contribution in [0.1, 0.15) is 40.5 Å². The van der Waals surface area contributed by atoms with E-state index in [2.05, 4.69) is 45.9 Å². The maximum absolute atomic E-state index is 13.0. The van der Waals surface area contributed by atoms with Gasteiger partial charge in [0.15, 0.2) is 0 Å². The number of nitrogens with one attached hydrogen (secondary N) is 1. The quantitative estimate of drug-likeness (QED) is 0.755. The van der Waals surface area contributed by atoms with Crippen molar-refractivity contribution in [2.75, 3.05) is 44.2 Å². The first-order valence-corrected chi connectivity index (χ1v) is 11.2. The Morgan fingerprint density at radius 2 is 1.57 bits per heavy atom. The molecule has 2 atom stereocenters. The summed E-state index contributed by atoms with van der Waals surface area (Å²) in [5.74, 6) is 1.55. The van der Waals surface area contributed by atoms with Gasteiger partial charge in [-0.15, -0.1) is 0 Å². The van der Waals surface area contributed by atoms with Gasteiger partial charge < -0.3 is 15.1 Å². The fourth-order valence-electron chi connectivity index (χ4n) is 4.06. The fourth-order valence-corrected chi connectivity index (χ4v) is 4.06. The highest BCUT2D eigenvalue weighted by molar-refractivity contribution is 5.82. The Kier molecular flexibility index (Phi) is 7.64. The Labute approximate surface area is 180 Å². The number of hydrogen-bond acceptors (Lipinski definition) is 6. The van der Waals surface area contributed by atoms with Gasteiger partial charge in [-0.1, -0.05) is 13.8 Å². The third-order valence-corrected chi connectivity index (χ3v) is 6.60. The molecule has 3 heterocycles. The summed E-state index contributed by atoms with van der Waals surface area (Å²) in [6.45, 7) is 12.7. The summed E-state index contributed by atoms with van der Waals surface area (Å²) in [5, 5.41) is 3.14. The number of piperazine rings is 1. The molecule has 30 heavy (non-hydrogen) atoms. The van der Waals surface area contributed by atoms with Crippen molar-refractivity contribution in [2.45, 2.75) is 52.6 Å². The molecular weight excluding hydrogens is 380 g/mol. The fraction of sp³-hybridized carbons (Fsp3) is 0.727. The van der Waals surface area contributed by atoms with Gasteiger partial charge in [-0.3, -0.25) is 14.5 Å². The third kappa shape index (κ3) is 5.47. The Bertz CT molecular complexity index is 697. The number of piperidine rings is 1. The minimum atomic E-state index is -0.150. The molecule has 2 aliphatic rings. The second kappa shape index (κ2) is 10.2. The molecule has 1 aromatic heterocycles. The van der Waals surface area contributed by atoms with E-state index in [1.54, 1.807) is 12.4 Å². The summed E-state index contributed by atoms with van der Waals surface area (Å²) in [6, 6.07) is 1.85. The number of carbonyl (C=O) groups is 2. The summed E-state index contributed by atoms with van der Waals surface area (Å²) < 4.78 is 0. The topological polar surface area (TPSA) is 81.7 Å². The molecule has 2 aliphatic heterocycles. The van der Waals surface area contributed by atoms with Gasteiger partial charge in [0.05, 0.1) is 6.04 Å². The highest BCUT2D eigenvalue weighted by Crippen LogP contribution is 2.21. The number of amides is 2. The zero-order chi connectivity index (χ0) is 21.7. The monoisotopic (exact) mass is 416 g/mol. The molecule has 1 aromatic rings. The average Bonchev–Trinajstić information content (AvgIpc) is 2.78. The summed E-state index contributed by atoms with van der Waals surface area (Å²) in [6.07, 6.45) is 5.12. The standard InChI is InChI=1S/C22H36N6O2/c1-16(2)17(3)25-20(29)19-6-10-26(11-7-19)18(4)21(30)27-12-14-28(15-13-27)22-23-8-5-9-24-22/h5,8-9,16-19H,6-7,10-15H2,1-4H3,(H,25,29). The molecule has 0 saturated carbocycles. The predicted octanol–water partition coefficient (Wildman–Crippen LogP) is 1.39. The molecule has 8 nitrogen and oxygen atoms in total. The van der Waals surface area contributed by atoms with Gasteiger partial charge in [-0.05, 0) is 51.8 Å². The zero-order valence-electron chi connectivity index (χ0n) is 18.8. The molecule has 2 unspecified atom stereocenters. The van der Waals surface area contributed by atoms with Crippen LogP contribution < -0.4 is 10.2 Å². The van der Waals surface area contributed by atoms with E-state index < -0.39 is 0 Å². The molecule has 0 radical (unpaired) electrons. The van der Waals surface area contributed by atoms with Crippen LogP contribution in [0.2, 0.25) is 0 Å². The third-order valence-electron chi connectivity index (χ3n) is 6.60. The van der Waals surface area contributed by atoms with Gasteiger partial charge in [0, 0.05) is 50.5 Å². The maximum Gasteiger partial charge on any atom is 0.239 e. The molecule has 2 fully saturated rings. The molecule has 1 N–H and O–H groups in total. The largest absolute Gasteiger partial charge is 0.353 e. The predicted molar refractivity (Wildman–Crippen MR) is 117 cm³/mol. The van der Waals surface area contributed by atoms with Gasteiger partial charge in [-0.25, -0.2) is 9.97 Å². The Hall–Kier alpha value is -2.22. The number of anilines is 1. The van der Waals surface area contributed by atoms with Crippen molar-refractivity contribution in [1.82, 2.24) is 25.1 Å². The lowest BCUT2D eigenvalue weighted by Crippen LogP contribution is -2.56. The van der Waals surface area contributed by atoms with E-state index in [9.17, 15) is 9.59 Å². The van der Waals surface area contributed by atoms with Crippen molar-refractivity contribution in [3.63, 3.8) is 0 Å². The van der Waals surface area contributed by atoms with E-state index >= 15 is 0 Å². The number of hydrogen-bond donors (Lipinski definition) is 1. The average molecular weight is 417 g/mol. The van der Waals surface area contributed by atoms with Crippen LogP contribution in [0.3, 0.4) is 0 Å². The molecule has 2 amide bonds. The van der Waals surface area contributed by atoms with E-state index in [1.807, 2.05) is 17.9 Å². The van der Waals surface area contributed by atoms with Crippen molar-refractivity contribution in [3.8, 4) is 0 Å². The molecule has 166 valence electrons. The number of aromatic nitrogens is 2. The van der Waals surface area contributed by atoms with E-state index in [0.717, 1.165) is 45.0 Å². The van der Waals surface area contributed by atoms with Crippen molar-refractivity contribution < 1.29 is 9.59 Å². The first kappa shape index (κ1) is 22.5. The molecule has 0 bridgehead atoms. The lowest BCUT2D eigenvalue weighted by molar-refractivity contribution is -0.137. The van der Waals surface area contributed by atoms with Crippen LogP contribution in [-0.2, 0) is 9.59 Å². The van der Waals surface area contributed by atoms with E-state index in [1.165, 1.54) is 0 Å². The van der Waals surface area contributed by atoms with E-state index in [0.29, 0.717) is 19.0 Å². The van der Waals surface area contributed by atoms with Crippen molar-refractivity contribution in [2.24, 2.45) is 11.8 Å². The van der Waals surface area contributed by atoms with Crippen LogP contribution in [0.5, 0.6) is 0 Å². The first-order chi connectivity index (χ1) is 14.4. The van der Waals surface area contributed by atoms with Crippen molar-refractivity contribution >= 4 is 17.8 Å². The molecule has 2 saturated heterocycles. The minimum Gasteiger partial charge on any atom is -0.353 e. The molecule has 8 heteroatoms. The number of rotatable bonds is 6. The molecular formula is C22H36N6O2. The molecule has 0 spiro atoms. The van der Waals surface area contributed by atoms with Gasteiger partial charge in [0.25, 0.3) is 0 Å². The van der Waals surface area contributed by atoms with Crippen molar-refractivity contribution in [3.05, 3.63) is 18.5 Å². The van der Waals surface area contributed by atoms with Crippen molar-refractivity contribution in [1.29, 1.82) is 0 Å². The molecule has 0 aromatic carbocycles. The lowest BCUT2D eigenvalue weighted by atomic mass is 9.94. The highest BCUT2D eigenvalue weighted by atomic mass is 16.2. The smallest absolute Gasteiger partial charge is 0.239 e. The lowest BCUT2D eigenvalue weighted by Gasteiger charge is -2.40. The van der Waals surface area contributed by atoms with Crippen LogP contribution in [0.4, 0.5) is 5.95 Å². The van der Waals surface area contributed by atoms with Crippen LogP contribution in [-0.4, -0.2) is 82.9 Å². The number of likely N-dealkylation sites (tertiary alicyclic amines) is 1. The minimum absolute atomic E-state index is 0.0548. The van der Waals surface area contributed by atoms with Crippen LogP contribution in [0.15, 0.2) is 18.5 Å².